The molecule has 2 aromatic carbocycles. The zero-order chi connectivity index (χ0) is 22.9. The minimum absolute atomic E-state index is 0.0835. The Hall–Kier alpha value is -2.51. The molecule has 0 spiro atoms. The Morgan fingerprint density at radius 1 is 1.06 bits per heavy atom. The first-order chi connectivity index (χ1) is 15.1. The third-order valence-corrected chi connectivity index (χ3v) is 6.41. The lowest BCUT2D eigenvalue weighted by Gasteiger charge is -2.32. The van der Waals surface area contributed by atoms with Gasteiger partial charge < -0.3 is 23.9 Å². The van der Waals surface area contributed by atoms with Crippen molar-refractivity contribution in [3.63, 3.8) is 0 Å². The predicted molar refractivity (Wildman–Crippen MR) is 122 cm³/mol. The Morgan fingerprint density at radius 2 is 1.75 bits per heavy atom. The second-order valence-corrected chi connectivity index (χ2v) is 9.72. The van der Waals surface area contributed by atoms with Gasteiger partial charge in [0, 0.05) is 5.56 Å². The van der Waals surface area contributed by atoms with Crippen LogP contribution in [0, 0.1) is 5.92 Å². The second kappa shape index (κ2) is 8.79. The highest BCUT2D eigenvalue weighted by Crippen LogP contribution is 2.37. The molecule has 1 N–H and O–H groups in total. The van der Waals surface area contributed by atoms with Gasteiger partial charge in [-0.2, -0.15) is 0 Å². The molecule has 2 aromatic rings. The van der Waals surface area contributed by atoms with Crippen LogP contribution < -0.4 is 14.9 Å². The van der Waals surface area contributed by atoms with E-state index in [2.05, 4.69) is 0 Å². The normalized spacial score (nSPS) is 19.1. The fraction of sp³-hybridized carbons (Fsp3) is 0.480. The van der Waals surface area contributed by atoms with Crippen molar-refractivity contribution in [2.75, 3.05) is 6.61 Å². The second-order valence-electron chi connectivity index (χ2n) is 9.72. The lowest BCUT2D eigenvalue weighted by atomic mass is 9.78. The number of carboxylic acids is 1. The number of ether oxygens (including phenoxy) is 2. The van der Waals surface area contributed by atoms with Gasteiger partial charge in [0.15, 0.2) is 0 Å². The minimum atomic E-state index is -0.889. The molecule has 4 rings (SSSR count). The quantitative estimate of drug-likeness (QED) is 0.597. The zero-order valence-corrected chi connectivity index (χ0v) is 19.2. The van der Waals surface area contributed by atoms with Crippen LogP contribution in [0.3, 0.4) is 0 Å². The van der Waals surface area contributed by atoms with Gasteiger partial charge in [0.2, 0.25) is 0 Å². The molecular weight excluding hydrogens is 407 g/mol. The van der Waals surface area contributed by atoms with Crippen molar-refractivity contribution in [1.29, 1.82) is 0 Å². The standard InChI is InChI=1S/C25H31BO6/c1-24(2)25(3,4)32-26(31-24)20-11-18(12-21(14-20)29-15-17-9-10-17)16-30-22-8-6-5-7-19(22)13-23(27)28/h5-8,11-12,14,17H,9-10,13,15-16H2,1-4H3,(H,27,28). The molecule has 170 valence electrons. The summed E-state index contributed by atoms with van der Waals surface area (Å²) in [6.45, 7) is 9.11. The van der Waals surface area contributed by atoms with Crippen molar-refractivity contribution in [3.05, 3.63) is 53.6 Å². The summed E-state index contributed by atoms with van der Waals surface area (Å²) in [5.41, 5.74) is 1.57. The van der Waals surface area contributed by atoms with Gasteiger partial charge >= 0.3 is 13.1 Å². The maximum Gasteiger partial charge on any atom is 0.494 e. The smallest absolute Gasteiger partial charge is 0.493 e. The first-order valence-electron chi connectivity index (χ1n) is 11.2. The summed E-state index contributed by atoms with van der Waals surface area (Å²) in [5, 5.41) is 9.16. The van der Waals surface area contributed by atoms with E-state index in [1.54, 1.807) is 12.1 Å². The molecule has 0 unspecified atom stereocenters. The first-order valence-corrected chi connectivity index (χ1v) is 11.2. The Kier molecular flexibility index (Phi) is 6.23. The number of rotatable bonds is 9. The van der Waals surface area contributed by atoms with E-state index in [4.69, 9.17) is 23.9 Å². The van der Waals surface area contributed by atoms with Crippen LogP contribution >= 0.6 is 0 Å². The van der Waals surface area contributed by atoms with Crippen LogP contribution in [0.1, 0.15) is 51.7 Å². The topological polar surface area (TPSA) is 74.2 Å². The lowest BCUT2D eigenvalue weighted by Crippen LogP contribution is -2.41. The molecule has 1 aliphatic carbocycles. The highest BCUT2D eigenvalue weighted by molar-refractivity contribution is 6.62. The highest BCUT2D eigenvalue weighted by atomic mass is 16.7. The van der Waals surface area contributed by atoms with Crippen LogP contribution in [0.5, 0.6) is 11.5 Å². The van der Waals surface area contributed by atoms with Crippen molar-refractivity contribution >= 4 is 18.6 Å². The Balaban J connectivity index is 1.55. The number of hydrogen-bond acceptors (Lipinski definition) is 5. The SMILES string of the molecule is CC1(C)OB(c2cc(COc3ccccc3CC(=O)O)cc(OCC3CC3)c2)OC1(C)C. The number of hydrogen-bond donors (Lipinski definition) is 1. The molecule has 0 amide bonds. The fourth-order valence-corrected chi connectivity index (χ4v) is 3.58. The molecule has 1 heterocycles. The van der Waals surface area contributed by atoms with E-state index < -0.39 is 24.3 Å². The molecule has 0 bridgehead atoms. The summed E-state index contributed by atoms with van der Waals surface area (Å²) in [4.78, 5) is 11.2. The van der Waals surface area contributed by atoms with Crippen LogP contribution in [0.15, 0.2) is 42.5 Å². The summed E-state index contributed by atoms with van der Waals surface area (Å²) < 4.78 is 24.6. The summed E-state index contributed by atoms with van der Waals surface area (Å²) in [5.74, 6) is 1.08. The Labute approximate surface area is 190 Å². The molecule has 0 aromatic heterocycles. The van der Waals surface area contributed by atoms with Gasteiger partial charge in [-0.3, -0.25) is 4.79 Å². The summed E-state index contributed by atoms with van der Waals surface area (Å²) in [6, 6.07) is 13.2. The van der Waals surface area contributed by atoms with Crippen molar-refractivity contribution < 1.29 is 28.7 Å². The van der Waals surface area contributed by atoms with Crippen molar-refractivity contribution in [2.24, 2.45) is 5.92 Å². The van der Waals surface area contributed by atoms with E-state index in [0.717, 1.165) is 16.8 Å². The molecule has 2 fully saturated rings. The van der Waals surface area contributed by atoms with Crippen LogP contribution in [-0.4, -0.2) is 36.0 Å². The van der Waals surface area contributed by atoms with Crippen LogP contribution in [0.2, 0.25) is 0 Å². The van der Waals surface area contributed by atoms with E-state index in [1.165, 1.54) is 12.8 Å². The predicted octanol–water partition coefficient (Wildman–Crippen LogP) is 3.98. The van der Waals surface area contributed by atoms with Crippen LogP contribution in [0.25, 0.3) is 0 Å². The van der Waals surface area contributed by atoms with Gasteiger partial charge in [-0.15, -0.1) is 0 Å². The maximum absolute atomic E-state index is 11.2. The third kappa shape index (κ3) is 5.27. The average Bonchev–Trinajstić information content (AvgIpc) is 3.51. The van der Waals surface area contributed by atoms with E-state index in [0.29, 0.717) is 23.8 Å². The van der Waals surface area contributed by atoms with Gasteiger partial charge in [0.05, 0.1) is 24.2 Å². The van der Waals surface area contributed by atoms with Gasteiger partial charge in [-0.25, -0.2) is 0 Å². The monoisotopic (exact) mass is 438 g/mol. The number of carboxylic acid groups (broad SMARTS) is 1. The van der Waals surface area contributed by atoms with Crippen molar-refractivity contribution in [1.82, 2.24) is 0 Å². The van der Waals surface area contributed by atoms with E-state index >= 15 is 0 Å². The van der Waals surface area contributed by atoms with Gasteiger partial charge in [-0.05, 0) is 75.7 Å². The number of para-hydroxylation sites is 1. The number of aliphatic carboxylic acids is 1. The van der Waals surface area contributed by atoms with Gasteiger partial charge in [0.25, 0.3) is 0 Å². The van der Waals surface area contributed by atoms with Gasteiger partial charge in [0.1, 0.15) is 18.1 Å². The molecule has 0 atom stereocenters. The molecular formula is C25H31BO6. The van der Waals surface area contributed by atoms with Crippen LogP contribution in [0.4, 0.5) is 0 Å². The van der Waals surface area contributed by atoms with E-state index in [1.807, 2.05) is 58.0 Å². The van der Waals surface area contributed by atoms with Crippen molar-refractivity contribution in [2.45, 2.75) is 64.8 Å². The molecule has 7 heteroatoms. The molecule has 0 radical (unpaired) electrons. The number of benzene rings is 2. The lowest BCUT2D eigenvalue weighted by molar-refractivity contribution is -0.136. The fourth-order valence-electron chi connectivity index (χ4n) is 3.58. The average molecular weight is 438 g/mol. The minimum Gasteiger partial charge on any atom is -0.493 e. The molecule has 1 aliphatic heterocycles. The summed E-state index contributed by atoms with van der Waals surface area (Å²) >= 11 is 0. The zero-order valence-electron chi connectivity index (χ0n) is 19.2. The maximum atomic E-state index is 11.2. The summed E-state index contributed by atoms with van der Waals surface area (Å²) in [7, 11) is -0.498. The van der Waals surface area contributed by atoms with E-state index in [9.17, 15) is 4.79 Å². The third-order valence-electron chi connectivity index (χ3n) is 6.41. The van der Waals surface area contributed by atoms with Crippen LogP contribution in [-0.2, 0) is 27.1 Å². The molecule has 6 nitrogen and oxygen atoms in total. The molecule has 2 aliphatic rings. The molecule has 32 heavy (non-hydrogen) atoms. The Morgan fingerprint density at radius 3 is 2.41 bits per heavy atom. The first kappa shape index (κ1) is 22.7. The molecule has 1 saturated carbocycles. The van der Waals surface area contributed by atoms with E-state index in [-0.39, 0.29) is 13.0 Å². The molecule has 1 saturated heterocycles. The number of carbonyl (C=O) groups is 1. The van der Waals surface area contributed by atoms with Gasteiger partial charge in [-0.1, -0.05) is 24.3 Å². The Bertz CT molecular complexity index is 966. The highest BCUT2D eigenvalue weighted by Gasteiger charge is 2.51. The largest absolute Gasteiger partial charge is 0.494 e. The summed E-state index contributed by atoms with van der Waals surface area (Å²) in [6.07, 6.45) is 2.35. The van der Waals surface area contributed by atoms with Crippen molar-refractivity contribution in [3.8, 4) is 11.5 Å².